The molecule has 2 aromatic rings. The van der Waals surface area contributed by atoms with Gasteiger partial charge in [-0.15, -0.1) is 5.10 Å². The van der Waals surface area contributed by atoms with Crippen molar-refractivity contribution in [1.29, 1.82) is 0 Å². The van der Waals surface area contributed by atoms with E-state index in [0.29, 0.717) is 27.8 Å². The van der Waals surface area contributed by atoms with E-state index >= 15 is 0 Å². The smallest absolute Gasteiger partial charge is 0.311 e. The number of halogens is 1. The van der Waals surface area contributed by atoms with Crippen molar-refractivity contribution in [3.63, 3.8) is 0 Å². The molecule has 11 heteroatoms. The van der Waals surface area contributed by atoms with Crippen LogP contribution in [0.3, 0.4) is 0 Å². The number of thioether (sulfide) groups is 1. The molecular formula is C18H15FN4O5S. The van der Waals surface area contributed by atoms with Crippen molar-refractivity contribution >= 4 is 34.7 Å². The minimum atomic E-state index is -0.645. The largest absolute Gasteiger partial charge is 0.496 e. The van der Waals surface area contributed by atoms with E-state index in [1.807, 2.05) is 0 Å². The van der Waals surface area contributed by atoms with Gasteiger partial charge >= 0.3 is 5.69 Å². The number of methoxy groups -OCH3 is 1. The number of nitrogens with zero attached hydrogens (tertiary/aromatic N) is 3. The predicted molar refractivity (Wildman–Crippen MR) is 106 cm³/mol. The molecule has 1 heterocycles. The second kappa shape index (κ2) is 9.15. The van der Waals surface area contributed by atoms with Gasteiger partial charge in [-0.2, -0.15) is 5.10 Å². The van der Waals surface area contributed by atoms with E-state index in [2.05, 4.69) is 15.5 Å². The van der Waals surface area contributed by atoms with Crippen LogP contribution >= 0.6 is 11.8 Å². The Morgan fingerprint density at radius 3 is 2.83 bits per heavy atom. The van der Waals surface area contributed by atoms with Crippen molar-refractivity contribution in [3.8, 4) is 11.5 Å². The normalized spacial score (nSPS) is 15.0. The summed E-state index contributed by atoms with van der Waals surface area (Å²) in [5.74, 6) is -0.152. The highest BCUT2D eigenvalue weighted by Gasteiger charge is 2.17. The summed E-state index contributed by atoms with van der Waals surface area (Å²) < 4.78 is 24.2. The Kier molecular flexibility index (Phi) is 6.39. The zero-order valence-corrected chi connectivity index (χ0v) is 15.9. The van der Waals surface area contributed by atoms with E-state index in [1.165, 1.54) is 25.1 Å². The van der Waals surface area contributed by atoms with Gasteiger partial charge in [0, 0.05) is 17.7 Å². The SMILES string of the molecule is COc1ccc(C=NN=C2NC(=O)CS2)cc1COc1cc(F)ccc1[N+](=O)[O-]. The number of benzene rings is 2. The van der Waals surface area contributed by atoms with Gasteiger partial charge in [-0.25, -0.2) is 4.39 Å². The summed E-state index contributed by atoms with van der Waals surface area (Å²) in [6, 6.07) is 8.11. The summed E-state index contributed by atoms with van der Waals surface area (Å²) in [7, 11) is 1.48. The Morgan fingerprint density at radius 1 is 1.31 bits per heavy atom. The molecule has 150 valence electrons. The Balaban J connectivity index is 1.77. The molecule has 0 unspecified atom stereocenters. The molecule has 0 bridgehead atoms. The van der Waals surface area contributed by atoms with Gasteiger partial charge in [0.05, 0.1) is 24.0 Å². The maximum atomic E-state index is 13.5. The molecule has 1 aliphatic heterocycles. The lowest BCUT2D eigenvalue weighted by Crippen LogP contribution is -2.19. The van der Waals surface area contributed by atoms with E-state index in [9.17, 15) is 19.3 Å². The fourth-order valence-corrected chi connectivity index (χ4v) is 3.06. The molecule has 0 aromatic heterocycles. The molecular weight excluding hydrogens is 403 g/mol. The summed E-state index contributed by atoms with van der Waals surface area (Å²) in [4.78, 5) is 21.6. The number of nitro groups is 1. The lowest BCUT2D eigenvalue weighted by Gasteiger charge is -2.11. The topological polar surface area (TPSA) is 115 Å². The van der Waals surface area contributed by atoms with Crippen LogP contribution in [-0.4, -0.2) is 35.1 Å². The molecule has 1 amide bonds. The molecule has 29 heavy (non-hydrogen) atoms. The molecule has 1 N–H and O–H groups in total. The van der Waals surface area contributed by atoms with Crippen molar-refractivity contribution in [1.82, 2.24) is 5.32 Å². The maximum absolute atomic E-state index is 13.5. The molecule has 1 aliphatic rings. The van der Waals surface area contributed by atoms with Gasteiger partial charge in [-0.05, 0) is 29.8 Å². The third-order valence-corrected chi connectivity index (χ3v) is 4.61. The van der Waals surface area contributed by atoms with Crippen molar-refractivity contribution in [3.05, 3.63) is 63.5 Å². The fraction of sp³-hybridized carbons (Fsp3) is 0.167. The number of hydrogen-bond donors (Lipinski definition) is 1. The highest BCUT2D eigenvalue weighted by atomic mass is 32.2. The number of nitro benzene ring substituents is 1. The summed E-state index contributed by atoms with van der Waals surface area (Å²) in [5, 5.41) is 21.9. The summed E-state index contributed by atoms with van der Waals surface area (Å²) >= 11 is 1.26. The zero-order valence-electron chi connectivity index (χ0n) is 15.1. The molecule has 0 spiro atoms. The van der Waals surface area contributed by atoms with Crippen LogP contribution in [0.4, 0.5) is 10.1 Å². The fourth-order valence-electron chi connectivity index (χ4n) is 2.43. The van der Waals surface area contributed by atoms with Gasteiger partial charge in [0.15, 0.2) is 10.9 Å². The van der Waals surface area contributed by atoms with Crippen molar-refractivity contribution < 1.29 is 23.6 Å². The number of hydrogen-bond acceptors (Lipinski definition) is 8. The monoisotopic (exact) mass is 418 g/mol. The summed E-state index contributed by atoms with van der Waals surface area (Å²) in [6.45, 7) is -0.0877. The number of ether oxygens (including phenoxy) is 2. The van der Waals surface area contributed by atoms with E-state index in [1.54, 1.807) is 18.2 Å². The van der Waals surface area contributed by atoms with Gasteiger partial charge in [-0.3, -0.25) is 14.9 Å². The van der Waals surface area contributed by atoms with Crippen LogP contribution < -0.4 is 14.8 Å². The molecule has 0 radical (unpaired) electrons. The van der Waals surface area contributed by atoms with Crippen molar-refractivity contribution in [2.75, 3.05) is 12.9 Å². The first-order valence-corrected chi connectivity index (χ1v) is 9.22. The van der Waals surface area contributed by atoms with Crippen LogP contribution in [0.2, 0.25) is 0 Å². The molecule has 9 nitrogen and oxygen atoms in total. The van der Waals surface area contributed by atoms with E-state index in [4.69, 9.17) is 9.47 Å². The van der Waals surface area contributed by atoms with Gasteiger partial charge in [0.1, 0.15) is 18.2 Å². The van der Waals surface area contributed by atoms with E-state index in [-0.39, 0.29) is 24.0 Å². The Hall–Kier alpha value is -3.47. The predicted octanol–water partition coefficient (Wildman–Crippen LogP) is 2.87. The molecule has 0 saturated carbocycles. The number of amides is 1. The van der Waals surface area contributed by atoms with Crippen molar-refractivity contribution in [2.24, 2.45) is 10.2 Å². The number of rotatable bonds is 7. The van der Waals surface area contributed by atoms with E-state index < -0.39 is 10.7 Å². The van der Waals surface area contributed by atoms with Gasteiger partial charge in [0.25, 0.3) is 0 Å². The lowest BCUT2D eigenvalue weighted by molar-refractivity contribution is -0.386. The molecule has 2 aromatic carbocycles. The molecule has 1 fully saturated rings. The van der Waals surface area contributed by atoms with Gasteiger partial charge < -0.3 is 14.8 Å². The molecule has 0 atom stereocenters. The Bertz CT molecular complexity index is 1010. The molecule has 3 rings (SSSR count). The van der Waals surface area contributed by atoms with Crippen LogP contribution in [-0.2, 0) is 11.4 Å². The molecule has 0 aliphatic carbocycles. The maximum Gasteiger partial charge on any atom is 0.311 e. The average molecular weight is 418 g/mol. The third-order valence-electron chi connectivity index (χ3n) is 3.75. The lowest BCUT2D eigenvalue weighted by atomic mass is 10.1. The highest BCUT2D eigenvalue weighted by molar-refractivity contribution is 8.15. The number of amidine groups is 1. The second-order valence-corrected chi connectivity index (χ2v) is 6.68. The quantitative estimate of drug-likeness (QED) is 0.420. The zero-order chi connectivity index (χ0) is 20.8. The molecule has 1 saturated heterocycles. The number of nitrogens with one attached hydrogen (secondary N) is 1. The second-order valence-electron chi connectivity index (χ2n) is 5.72. The minimum absolute atomic E-state index is 0.0877. The van der Waals surface area contributed by atoms with Crippen LogP contribution in [0.5, 0.6) is 11.5 Å². The van der Waals surface area contributed by atoms with Crippen LogP contribution in [0.1, 0.15) is 11.1 Å². The van der Waals surface area contributed by atoms with Gasteiger partial charge in [0.2, 0.25) is 5.91 Å². The first kappa shape index (κ1) is 20.3. The van der Waals surface area contributed by atoms with Crippen LogP contribution in [0, 0.1) is 15.9 Å². The Labute approximate surface area is 168 Å². The van der Waals surface area contributed by atoms with Crippen LogP contribution in [0.15, 0.2) is 46.6 Å². The van der Waals surface area contributed by atoms with Crippen LogP contribution in [0.25, 0.3) is 0 Å². The number of carbonyl (C=O) groups excluding carboxylic acids is 1. The summed E-state index contributed by atoms with van der Waals surface area (Å²) in [6.07, 6.45) is 1.48. The van der Waals surface area contributed by atoms with Crippen molar-refractivity contribution in [2.45, 2.75) is 6.61 Å². The van der Waals surface area contributed by atoms with Gasteiger partial charge in [-0.1, -0.05) is 11.8 Å². The first-order valence-electron chi connectivity index (χ1n) is 8.23. The van der Waals surface area contributed by atoms with E-state index in [0.717, 1.165) is 18.2 Å². The third kappa shape index (κ3) is 5.29. The average Bonchev–Trinajstić information content (AvgIpc) is 3.11. The highest BCUT2D eigenvalue weighted by Crippen LogP contribution is 2.29. The first-order chi connectivity index (χ1) is 14.0. The minimum Gasteiger partial charge on any atom is -0.496 e. The standard InChI is InChI=1S/C18H15FN4O5S/c1-27-15-5-2-11(8-20-22-18-21-17(24)10-29-18)6-12(15)9-28-16-7-13(19)3-4-14(16)23(25)26/h2-8H,9-10H2,1H3,(H,21,22,24). The summed E-state index contributed by atoms with van der Waals surface area (Å²) in [5.41, 5.74) is 0.901. The number of carbonyl (C=O) groups is 1. The Morgan fingerprint density at radius 2 is 2.14 bits per heavy atom.